The molecule has 2 amide bonds. The highest BCUT2D eigenvalue weighted by Crippen LogP contribution is 2.41. The molecular weight excluding hydrogens is 518 g/mol. The lowest BCUT2D eigenvalue weighted by Gasteiger charge is -2.49. The van der Waals surface area contributed by atoms with Gasteiger partial charge in [0.2, 0.25) is 5.16 Å². The predicted molar refractivity (Wildman–Crippen MR) is 128 cm³/mol. The van der Waals surface area contributed by atoms with Gasteiger partial charge in [0.1, 0.15) is 29.1 Å². The lowest BCUT2D eigenvalue weighted by atomic mass is 10.0. The number of aliphatic carboxylic acids is 1. The number of carboxylic acids is 1. The summed E-state index contributed by atoms with van der Waals surface area (Å²) in [5.41, 5.74) is 5.91. The predicted octanol–water partition coefficient (Wildman–Crippen LogP) is 0.158. The fourth-order valence-electron chi connectivity index (χ4n) is 3.17. The first-order valence-electron chi connectivity index (χ1n) is 9.65. The van der Waals surface area contributed by atoms with E-state index < -0.39 is 29.2 Å². The molecule has 2 aromatic heterocycles. The number of thioether (sulfide) groups is 2. The molecule has 4 rings (SSSR count). The topological polar surface area (TPSA) is 191 Å². The van der Waals surface area contributed by atoms with Crippen LogP contribution in [0.25, 0.3) is 0 Å². The van der Waals surface area contributed by atoms with Crippen molar-refractivity contribution in [3.8, 4) is 0 Å². The number of carbonyl (C=O) groups excluding carboxylic acids is 2. The van der Waals surface area contributed by atoms with Gasteiger partial charge in [-0.2, -0.15) is 0 Å². The van der Waals surface area contributed by atoms with Gasteiger partial charge >= 0.3 is 5.97 Å². The molecule has 2 aliphatic heterocycles. The molecule has 0 radical (unpaired) electrons. The van der Waals surface area contributed by atoms with E-state index in [0.29, 0.717) is 16.5 Å². The zero-order valence-corrected chi connectivity index (χ0v) is 20.3. The number of hydrogen-bond donors (Lipinski definition) is 3. The third-order valence-electron chi connectivity index (χ3n) is 4.71. The maximum atomic E-state index is 12.9. The molecule has 4 heterocycles. The van der Waals surface area contributed by atoms with Crippen molar-refractivity contribution < 1.29 is 24.3 Å². The number of hydrogen-bond acceptors (Lipinski definition) is 13. The Morgan fingerprint density at radius 2 is 2.29 bits per heavy atom. The number of nitrogens with two attached hydrogens (primary N) is 1. The molecule has 14 nitrogen and oxygen atoms in total. The number of nitrogen functional groups attached to an aromatic ring is 1. The number of oxime groups is 1. The number of rotatable bonds is 9. The highest BCUT2D eigenvalue weighted by molar-refractivity contribution is 8.02. The van der Waals surface area contributed by atoms with Crippen LogP contribution in [0.3, 0.4) is 0 Å². The monoisotopic (exact) mass is 535 g/mol. The van der Waals surface area contributed by atoms with Crippen molar-refractivity contribution in [2.45, 2.75) is 16.6 Å². The van der Waals surface area contributed by atoms with Crippen LogP contribution >= 0.6 is 34.9 Å². The second kappa shape index (κ2) is 10.3. The molecule has 2 aliphatic rings. The first kappa shape index (κ1) is 24.4. The number of anilines is 1. The van der Waals surface area contributed by atoms with E-state index in [0.717, 1.165) is 22.5 Å². The van der Waals surface area contributed by atoms with Crippen LogP contribution in [0.4, 0.5) is 5.13 Å². The van der Waals surface area contributed by atoms with Crippen LogP contribution in [-0.4, -0.2) is 75.9 Å². The number of nitrogens with zero attached hydrogens (tertiary/aromatic N) is 7. The Bertz CT molecular complexity index is 1280. The van der Waals surface area contributed by atoms with Gasteiger partial charge in [-0.05, 0) is 27.5 Å². The summed E-state index contributed by atoms with van der Waals surface area (Å²) in [6, 6.07) is -0.962. The summed E-state index contributed by atoms with van der Waals surface area (Å²) in [6.45, 7) is 3.37. The zero-order chi connectivity index (χ0) is 25.1. The third kappa shape index (κ3) is 4.91. The van der Waals surface area contributed by atoms with Crippen LogP contribution in [0.5, 0.6) is 0 Å². The average molecular weight is 536 g/mol. The summed E-state index contributed by atoms with van der Waals surface area (Å²) in [5.74, 6) is -2.24. The molecule has 1 saturated heterocycles. The number of allylic oxidation sites excluding steroid dienone is 1. The normalized spacial score (nSPS) is 20.0. The van der Waals surface area contributed by atoms with Crippen molar-refractivity contribution in [3.63, 3.8) is 0 Å². The number of β-lactam (4-membered cyclic amide) rings is 1. The van der Waals surface area contributed by atoms with Gasteiger partial charge in [0.15, 0.2) is 10.8 Å². The molecular formula is C18H17N9O5S3. The van der Waals surface area contributed by atoms with Gasteiger partial charge in [-0.25, -0.2) is 14.5 Å². The van der Waals surface area contributed by atoms with Crippen LogP contribution in [0.15, 0.2) is 51.3 Å². The number of carboxylic acid groups (broad SMARTS) is 1. The Balaban J connectivity index is 1.50. The first-order valence-corrected chi connectivity index (χ1v) is 12.5. The summed E-state index contributed by atoms with van der Waals surface area (Å²) >= 11 is 3.63. The Kier molecular flexibility index (Phi) is 7.17. The molecule has 17 heteroatoms. The number of nitrogens with one attached hydrogen (secondary N) is 1. The fraction of sp³-hybridized carbons (Fsp3) is 0.222. The van der Waals surface area contributed by atoms with Crippen LogP contribution in [0.2, 0.25) is 0 Å². The first-order chi connectivity index (χ1) is 16.8. The standard InChI is InChI=1S/C18H17N9O5S3/c1-3-32-23-10(9-7-35-17(19)20-9)13(28)21-11-14(29)27-12(16(30)31)8(6-34-15(11)27)4-5-33-18-22-24-25-26(18)2/h3-5,7,11,15H,1,6H2,2H3,(H2,19,20)(H,21,28)(H,30,31)/b5-4+,23-10+. The third-order valence-corrected chi connectivity index (χ3v) is 7.51. The summed E-state index contributed by atoms with van der Waals surface area (Å²) in [6.07, 6.45) is 2.63. The van der Waals surface area contributed by atoms with Gasteiger partial charge in [0.25, 0.3) is 11.8 Å². The van der Waals surface area contributed by atoms with E-state index >= 15 is 0 Å². The van der Waals surface area contributed by atoms with Crippen molar-refractivity contribution in [2.24, 2.45) is 12.2 Å². The average Bonchev–Trinajstić information content (AvgIpc) is 3.44. The van der Waals surface area contributed by atoms with Gasteiger partial charge in [-0.3, -0.25) is 14.5 Å². The minimum Gasteiger partial charge on any atom is -0.477 e. The minimum atomic E-state index is -1.25. The summed E-state index contributed by atoms with van der Waals surface area (Å²) < 4.78 is 1.47. The SMILES string of the molecule is C=CO/N=C(/C(=O)NC1C(=O)N2C(C(=O)O)=C(/C=C/Sc3nnnn3C)CSC12)c1csc(N)n1. The Morgan fingerprint density at radius 3 is 2.91 bits per heavy atom. The lowest BCUT2D eigenvalue weighted by Crippen LogP contribution is -2.71. The number of amides is 2. The molecule has 182 valence electrons. The van der Waals surface area contributed by atoms with Gasteiger partial charge in [-0.1, -0.05) is 23.5 Å². The highest BCUT2D eigenvalue weighted by atomic mass is 32.2. The molecule has 0 aromatic carbocycles. The Hall–Kier alpha value is -3.70. The molecule has 2 aromatic rings. The fourth-order valence-corrected chi connectivity index (χ4v) is 5.66. The molecule has 0 aliphatic carbocycles. The Labute approximate surface area is 209 Å². The zero-order valence-electron chi connectivity index (χ0n) is 17.9. The van der Waals surface area contributed by atoms with Crippen LogP contribution in [0, 0.1) is 0 Å². The van der Waals surface area contributed by atoms with Crippen molar-refractivity contribution in [2.75, 3.05) is 11.5 Å². The van der Waals surface area contributed by atoms with Gasteiger partial charge in [0.05, 0.1) is 0 Å². The molecule has 1 fully saturated rings. The quantitative estimate of drug-likeness (QED) is 0.130. The summed E-state index contributed by atoms with van der Waals surface area (Å²) in [4.78, 5) is 47.7. The number of aromatic nitrogens is 5. The number of fused-ring (bicyclic) bond motifs is 1. The van der Waals surface area contributed by atoms with Crippen molar-refractivity contribution in [1.29, 1.82) is 0 Å². The molecule has 0 spiro atoms. The van der Waals surface area contributed by atoms with Crippen molar-refractivity contribution >= 4 is 63.5 Å². The van der Waals surface area contributed by atoms with Crippen molar-refractivity contribution in [3.05, 3.63) is 46.7 Å². The van der Waals surface area contributed by atoms with E-state index in [1.54, 1.807) is 18.5 Å². The van der Waals surface area contributed by atoms with E-state index in [1.165, 1.54) is 33.6 Å². The van der Waals surface area contributed by atoms with Gasteiger partial charge < -0.3 is 21.0 Å². The molecule has 2 atom stereocenters. The second-order valence-corrected chi connectivity index (χ2v) is 9.70. The van der Waals surface area contributed by atoms with E-state index in [9.17, 15) is 19.5 Å². The van der Waals surface area contributed by atoms with Gasteiger partial charge in [-0.15, -0.1) is 28.2 Å². The van der Waals surface area contributed by atoms with E-state index in [-0.39, 0.29) is 22.2 Å². The van der Waals surface area contributed by atoms with Crippen LogP contribution in [-0.2, 0) is 26.3 Å². The van der Waals surface area contributed by atoms with E-state index in [4.69, 9.17) is 10.6 Å². The maximum Gasteiger partial charge on any atom is 0.352 e. The number of aryl methyl sites for hydroxylation is 1. The summed E-state index contributed by atoms with van der Waals surface area (Å²) in [5, 5.41) is 30.5. The molecule has 0 bridgehead atoms. The van der Waals surface area contributed by atoms with Crippen LogP contribution in [0.1, 0.15) is 5.69 Å². The summed E-state index contributed by atoms with van der Waals surface area (Å²) in [7, 11) is 1.68. The number of thiazole rings is 1. The van der Waals surface area contributed by atoms with Gasteiger partial charge in [0, 0.05) is 18.2 Å². The smallest absolute Gasteiger partial charge is 0.352 e. The number of tetrazole rings is 1. The van der Waals surface area contributed by atoms with E-state index in [2.05, 4.69) is 37.6 Å². The van der Waals surface area contributed by atoms with Crippen LogP contribution < -0.4 is 11.1 Å². The minimum absolute atomic E-state index is 0.145. The lowest BCUT2D eigenvalue weighted by molar-refractivity contribution is -0.150. The Morgan fingerprint density at radius 1 is 1.49 bits per heavy atom. The highest BCUT2D eigenvalue weighted by Gasteiger charge is 2.54. The molecule has 35 heavy (non-hydrogen) atoms. The molecule has 4 N–H and O–H groups in total. The maximum absolute atomic E-state index is 12.9. The largest absolute Gasteiger partial charge is 0.477 e. The van der Waals surface area contributed by atoms with E-state index in [1.807, 2.05) is 0 Å². The molecule has 0 saturated carbocycles. The second-order valence-electron chi connectivity index (χ2n) is 6.83. The molecule has 2 unspecified atom stereocenters. The number of carbonyl (C=O) groups is 3. The van der Waals surface area contributed by atoms with Crippen molar-refractivity contribution in [1.82, 2.24) is 35.4 Å².